The van der Waals surface area contributed by atoms with Crippen LogP contribution < -0.4 is 14.8 Å². The predicted octanol–water partition coefficient (Wildman–Crippen LogP) is 2.45. The molecule has 7 heteroatoms. The SMILES string of the molecule is COc1ccccc1OC[C@H](O)CN1C[C@@H]2C[C@H]1CN2CC(=O)Nc1c(C)cccc1C. The van der Waals surface area contributed by atoms with Gasteiger partial charge in [0.05, 0.1) is 13.7 Å². The van der Waals surface area contributed by atoms with Crippen LogP contribution in [0.15, 0.2) is 42.5 Å². The van der Waals surface area contributed by atoms with Crippen molar-refractivity contribution in [3.05, 3.63) is 53.6 Å². The summed E-state index contributed by atoms with van der Waals surface area (Å²) in [5.41, 5.74) is 3.08. The zero-order valence-electron chi connectivity index (χ0n) is 19.1. The number of aliphatic hydroxyl groups excluding tert-OH is 1. The third-order valence-corrected chi connectivity index (χ3v) is 6.51. The second-order valence-corrected chi connectivity index (χ2v) is 8.86. The van der Waals surface area contributed by atoms with Crippen molar-refractivity contribution in [2.45, 2.75) is 38.5 Å². The molecular formula is C25H33N3O4. The van der Waals surface area contributed by atoms with Crippen molar-refractivity contribution in [2.24, 2.45) is 0 Å². The molecule has 32 heavy (non-hydrogen) atoms. The lowest BCUT2D eigenvalue weighted by atomic mass is 10.1. The van der Waals surface area contributed by atoms with Gasteiger partial charge in [0.1, 0.15) is 12.7 Å². The van der Waals surface area contributed by atoms with Crippen LogP contribution in [-0.2, 0) is 4.79 Å². The number of para-hydroxylation sites is 3. The number of anilines is 1. The van der Waals surface area contributed by atoms with Crippen molar-refractivity contribution in [3.63, 3.8) is 0 Å². The Kier molecular flexibility index (Phi) is 6.98. The number of aliphatic hydroxyl groups is 1. The Labute approximate surface area is 189 Å². The van der Waals surface area contributed by atoms with E-state index in [4.69, 9.17) is 9.47 Å². The molecule has 0 aromatic heterocycles. The standard InChI is InChI=1S/C25H33N3O4/c1-17-7-6-8-18(2)25(17)26-24(30)15-28-13-19-11-20(28)12-27(19)14-21(29)16-32-23-10-5-4-9-22(23)31-3/h4-10,19-21,29H,11-16H2,1-3H3,(H,26,30)/t19-,20-,21+/m0/s1. The first-order valence-electron chi connectivity index (χ1n) is 11.2. The van der Waals surface area contributed by atoms with E-state index in [1.165, 1.54) is 0 Å². The van der Waals surface area contributed by atoms with Crippen LogP contribution in [0.25, 0.3) is 0 Å². The molecule has 0 saturated carbocycles. The summed E-state index contributed by atoms with van der Waals surface area (Å²) in [4.78, 5) is 17.2. The van der Waals surface area contributed by atoms with E-state index in [2.05, 4.69) is 15.1 Å². The van der Waals surface area contributed by atoms with Crippen LogP contribution in [0.1, 0.15) is 17.5 Å². The van der Waals surface area contributed by atoms with E-state index in [0.717, 1.165) is 36.3 Å². The fourth-order valence-corrected chi connectivity index (χ4v) is 4.87. The molecular weight excluding hydrogens is 406 g/mol. The molecule has 0 aliphatic carbocycles. The first kappa shape index (κ1) is 22.6. The molecule has 2 aromatic carbocycles. The molecule has 2 aliphatic heterocycles. The van der Waals surface area contributed by atoms with Crippen LogP contribution in [-0.4, -0.2) is 78.9 Å². The molecule has 2 fully saturated rings. The fourth-order valence-electron chi connectivity index (χ4n) is 4.87. The van der Waals surface area contributed by atoms with Gasteiger partial charge in [-0.3, -0.25) is 14.6 Å². The van der Waals surface area contributed by atoms with Crippen LogP contribution in [0.5, 0.6) is 11.5 Å². The minimum absolute atomic E-state index is 0.0340. The third kappa shape index (κ3) is 5.06. The number of hydrogen-bond acceptors (Lipinski definition) is 6. The number of likely N-dealkylation sites (tertiary alicyclic amines) is 2. The fraction of sp³-hybridized carbons (Fsp3) is 0.480. The number of aryl methyl sites for hydroxylation is 2. The molecule has 3 atom stereocenters. The lowest BCUT2D eigenvalue weighted by Crippen LogP contribution is -2.50. The second kappa shape index (κ2) is 9.90. The molecule has 2 bridgehead atoms. The molecule has 7 nitrogen and oxygen atoms in total. The van der Waals surface area contributed by atoms with Crippen LogP contribution in [0, 0.1) is 13.8 Å². The van der Waals surface area contributed by atoms with Gasteiger partial charge >= 0.3 is 0 Å². The van der Waals surface area contributed by atoms with Gasteiger partial charge in [0.2, 0.25) is 5.91 Å². The van der Waals surface area contributed by atoms with E-state index in [1.54, 1.807) is 7.11 Å². The summed E-state index contributed by atoms with van der Waals surface area (Å²) in [7, 11) is 1.60. The van der Waals surface area contributed by atoms with Gasteiger partial charge in [0, 0.05) is 37.4 Å². The first-order chi connectivity index (χ1) is 15.4. The number of fused-ring (bicyclic) bond motifs is 2. The van der Waals surface area contributed by atoms with E-state index < -0.39 is 6.10 Å². The number of carbonyl (C=O) groups excluding carboxylic acids is 1. The van der Waals surface area contributed by atoms with Gasteiger partial charge in [-0.15, -0.1) is 0 Å². The van der Waals surface area contributed by atoms with Crippen molar-refractivity contribution in [1.82, 2.24) is 9.80 Å². The molecule has 172 valence electrons. The largest absolute Gasteiger partial charge is 0.493 e. The van der Waals surface area contributed by atoms with Crippen molar-refractivity contribution in [1.29, 1.82) is 0 Å². The third-order valence-electron chi connectivity index (χ3n) is 6.51. The van der Waals surface area contributed by atoms with Crippen LogP contribution in [0.4, 0.5) is 5.69 Å². The number of piperazine rings is 1. The van der Waals surface area contributed by atoms with Gasteiger partial charge < -0.3 is 19.9 Å². The molecule has 2 aliphatic rings. The van der Waals surface area contributed by atoms with Crippen molar-refractivity contribution < 1.29 is 19.4 Å². The number of ether oxygens (including phenoxy) is 2. The average Bonchev–Trinajstić information content (AvgIpc) is 3.35. The quantitative estimate of drug-likeness (QED) is 0.625. The maximum Gasteiger partial charge on any atom is 0.238 e. The van der Waals surface area contributed by atoms with Gasteiger partial charge in [-0.25, -0.2) is 0 Å². The van der Waals surface area contributed by atoms with Gasteiger partial charge in [0.15, 0.2) is 11.5 Å². The van der Waals surface area contributed by atoms with Crippen molar-refractivity contribution in [2.75, 3.05) is 45.2 Å². The van der Waals surface area contributed by atoms with Gasteiger partial charge in [0.25, 0.3) is 0 Å². The number of hydrogen-bond donors (Lipinski definition) is 2. The number of benzene rings is 2. The highest BCUT2D eigenvalue weighted by Crippen LogP contribution is 2.31. The highest BCUT2D eigenvalue weighted by Gasteiger charge is 2.44. The number of rotatable bonds is 9. The van der Waals surface area contributed by atoms with Gasteiger partial charge in [-0.2, -0.15) is 0 Å². The topological polar surface area (TPSA) is 74.3 Å². The zero-order chi connectivity index (χ0) is 22.7. The Morgan fingerprint density at radius 1 is 1.06 bits per heavy atom. The summed E-state index contributed by atoms with van der Waals surface area (Å²) in [6.07, 6.45) is 0.455. The lowest BCUT2D eigenvalue weighted by molar-refractivity contribution is -0.118. The lowest BCUT2D eigenvalue weighted by Gasteiger charge is -2.34. The molecule has 2 N–H and O–H groups in total. The molecule has 2 saturated heterocycles. The Morgan fingerprint density at radius 3 is 2.38 bits per heavy atom. The van der Waals surface area contributed by atoms with E-state index >= 15 is 0 Å². The highest BCUT2D eigenvalue weighted by atomic mass is 16.5. The number of β-amino-alcohol motifs (C(OH)–C–C–N with tert-alkyl or cyclic N) is 1. The van der Waals surface area contributed by atoms with Crippen molar-refractivity contribution >= 4 is 11.6 Å². The van der Waals surface area contributed by atoms with Crippen molar-refractivity contribution in [3.8, 4) is 11.5 Å². The van der Waals surface area contributed by atoms with Gasteiger partial charge in [-0.05, 0) is 43.5 Å². The molecule has 2 aromatic rings. The zero-order valence-corrected chi connectivity index (χ0v) is 19.1. The van der Waals surface area contributed by atoms with E-state index in [-0.39, 0.29) is 12.5 Å². The second-order valence-electron chi connectivity index (χ2n) is 8.86. The minimum Gasteiger partial charge on any atom is -0.493 e. The summed E-state index contributed by atoms with van der Waals surface area (Å²) >= 11 is 0. The minimum atomic E-state index is -0.583. The molecule has 2 heterocycles. The molecule has 0 spiro atoms. The number of amides is 1. The normalized spacial score (nSPS) is 21.5. The first-order valence-corrected chi connectivity index (χ1v) is 11.2. The monoisotopic (exact) mass is 439 g/mol. The molecule has 0 unspecified atom stereocenters. The van der Waals surface area contributed by atoms with E-state index in [0.29, 0.717) is 36.7 Å². The summed E-state index contributed by atoms with van der Waals surface area (Å²) in [6, 6.07) is 14.2. The van der Waals surface area contributed by atoms with Crippen LogP contribution in [0.2, 0.25) is 0 Å². The average molecular weight is 440 g/mol. The Hall–Kier alpha value is -2.61. The number of carbonyl (C=O) groups is 1. The summed E-state index contributed by atoms with van der Waals surface area (Å²) in [5.74, 6) is 1.33. The molecule has 1 amide bonds. The highest BCUT2D eigenvalue weighted by molar-refractivity contribution is 5.93. The number of nitrogens with zero attached hydrogens (tertiary/aromatic N) is 2. The Balaban J connectivity index is 1.23. The predicted molar refractivity (Wildman–Crippen MR) is 124 cm³/mol. The summed E-state index contributed by atoms with van der Waals surface area (Å²) < 4.78 is 11.1. The van der Waals surface area contributed by atoms with Crippen LogP contribution in [0.3, 0.4) is 0 Å². The summed E-state index contributed by atoms with van der Waals surface area (Å²) in [6.45, 7) is 6.94. The van der Waals surface area contributed by atoms with Gasteiger partial charge in [-0.1, -0.05) is 30.3 Å². The van der Waals surface area contributed by atoms with Crippen LogP contribution >= 0.6 is 0 Å². The van der Waals surface area contributed by atoms with E-state index in [9.17, 15) is 9.90 Å². The maximum atomic E-state index is 12.6. The Bertz CT molecular complexity index is 930. The smallest absolute Gasteiger partial charge is 0.238 e. The summed E-state index contributed by atoms with van der Waals surface area (Å²) in [5, 5.41) is 13.6. The van der Waals surface area contributed by atoms with E-state index in [1.807, 2.05) is 56.3 Å². The molecule has 4 rings (SSSR count). The number of methoxy groups -OCH3 is 1. The maximum absolute atomic E-state index is 12.6. The number of nitrogens with one attached hydrogen (secondary N) is 1. The molecule has 0 radical (unpaired) electrons. The Morgan fingerprint density at radius 2 is 1.72 bits per heavy atom.